The van der Waals surface area contributed by atoms with Crippen LogP contribution >= 0.6 is 0 Å². The molecule has 0 saturated carbocycles. The van der Waals surface area contributed by atoms with Crippen LogP contribution in [0.3, 0.4) is 0 Å². The van der Waals surface area contributed by atoms with Crippen molar-refractivity contribution in [3.05, 3.63) is 98.4 Å². The molecule has 26 heavy (non-hydrogen) atoms. The van der Waals surface area contributed by atoms with E-state index in [1.807, 2.05) is 18.2 Å². The highest BCUT2D eigenvalue weighted by Gasteiger charge is 1.97. The minimum Gasteiger partial charge on any atom is -0.364 e. The van der Waals surface area contributed by atoms with Crippen LogP contribution in [0.5, 0.6) is 0 Å². The van der Waals surface area contributed by atoms with Crippen molar-refractivity contribution < 1.29 is 4.79 Å². The molecule has 0 atom stereocenters. The largest absolute Gasteiger partial charge is 0.364 e. The minimum absolute atomic E-state index is 0.192. The fourth-order valence-corrected chi connectivity index (χ4v) is 1.21. The predicted molar refractivity (Wildman–Crippen MR) is 95.4 cm³/mol. The minimum atomic E-state index is -0.553. The smallest absolute Gasteiger partial charge is 0.268 e. The maximum Gasteiger partial charge on any atom is 0.268 e. The molecule has 3 N–H and O–H groups in total. The Morgan fingerprint density at radius 2 is 1.35 bits per heavy atom. The quantitative estimate of drug-likeness (QED) is 0.531. The molecule has 4 aromatic rings. The summed E-state index contributed by atoms with van der Waals surface area (Å²) in [5, 5.41) is 0. The number of amides is 1. The van der Waals surface area contributed by atoms with Gasteiger partial charge in [0.25, 0.3) is 5.91 Å². The first-order valence-corrected chi connectivity index (χ1v) is 7.34. The van der Waals surface area contributed by atoms with Crippen LogP contribution in [0.25, 0.3) is 0 Å². The van der Waals surface area contributed by atoms with E-state index in [0.717, 1.165) is 0 Å². The van der Waals surface area contributed by atoms with E-state index in [9.17, 15) is 4.79 Å². The Bertz CT molecular complexity index is 666. The Morgan fingerprint density at radius 1 is 0.731 bits per heavy atom. The van der Waals surface area contributed by atoms with E-state index >= 15 is 0 Å². The Morgan fingerprint density at radius 3 is 1.58 bits per heavy atom. The third kappa shape index (κ3) is 11.5. The lowest BCUT2D eigenvalue weighted by molar-refractivity contribution is 0.0995. The molecule has 0 spiro atoms. The maximum atomic E-state index is 10.3. The van der Waals surface area contributed by atoms with Crippen LogP contribution in [0.2, 0.25) is 0 Å². The van der Waals surface area contributed by atoms with Gasteiger partial charge in [-0.1, -0.05) is 6.07 Å². The predicted octanol–water partition coefficient (Wildman–Crippen LogP) is 1.54. The summed E-state index contributed by atoms with van der Waals surface area (Å²) in [6, 6.07) is 5.72. The van der Waals surface area contributed by atoms with Crippen LogP contribution < -0.4 is 5.73 Å². The van der Waals surface area contributed by atoms with Crippen molar-refractivity contribution in [3.8, 4) is 0 Å². The lowest BCUT2D eigenvalue weighted by atomic mass is 10.4. The average molecular weight is 350 g/mol. The monoisotopic (exact) mass is 350 g/mol. The SMILES string of the molecule is NC(=O)c1cnccn1.c1c[nH]cn1.c1ccncc1.c1cnccn1. The molecule has 0 aliphatic heterocycles. The number of hydrogen-bond donors (Lipinski definition) is 2. The first kappa shape index (κ1) is 20.0. The molecule has 0 fully saturated rings. The summed E-state index contributed by atoms with van der Waals surface area (Å²) in [5.74, 6) is -0.553. The van der Waals surface area contributed by atoms with Crippen molar-refractivity contribution in [2.45, 2.75) is 0 Å². The van der Waals surface area contributed by atoms with Gasteiger partial charge in [0.05, 0.1) is 12.5 Å². The molecular weight excluding hydrogens is 332 g/mol. The van der Waals surface area contributed by atoms with Gasteiger partial charge in [0.2, 0.25) is 0 Å². The highest BCUT2D eigenvalue weighted by molar-refractivity contribution is 5.90. The molecule has 0 aromatic carbocycles. The van der Waals surface area contributed by atoms with Gasteiger partial charge in [-0.2, -0.15) is 0 Å². The van der Waals surface area contributed by atoms with Crippen LogP contribution in [-0.2, 0) is 0 Å². The lowest BCUT2D eigenvalue weighted by Gasteiger charge is -1.87. The van der Waals surface area contributed by atoms with Gasteiger partial charge in [-0.25, -0.2) is 9.97 Å². The summed E-state index contributed by atoms with van der Waals surface area (Å²) in [4.78, 5) is 35.3. The molecule has 0 saturated heterocycles. The van der Waals surface area contributed by atoms with Crippen molar-refractivity contribution in [3.63, 3.8) is 0 Å². The van der Waals surface area contributed by atoms with E-state index in [1.54, 1.807) is 55.9 Å². The zero-order valence-electron chi connectivity index (χ0n) is 13.8. The molecule has 4 rings (SSSR count). The molecule has 0 aliphatic carbocycles. The number of nitrogens with one attached hydrogen (secondary N) is 1. The Kier molecular flexibility index (Phi) is 11.2. The summed E-state index contributed by atoms with van der Waals surface area (Å²) in [6.45, 7) is 0. The van der Waals surface area contributed by atoms with Gasteiger partial charge >= 0.3 is 0 Å². The number of carbonyl (C=O) groups is 1. The molecule has 9 nitrogen and oxygen atoms in total. The second-order valence-corrected chi connectivity index (χ2v) is 4.13. The second-order valence-electron chi connectivity index (χ2n) is 4.13. The number of aromatic nitrogens is 7. The van der Waals surface area contributed by atoms with Gasteiger partial charge in [-0.15, -0.1) is 0 Å². The summed E-state index contributed by atoms with van der Waals surface area (Å²) in [7, 11) is 0. The van der Waals surface area contributed by atoms with Crippen molar-refractivity contribution in [1.29, 1.82) is 0 Å². The van der Waals surface area contributed by atoms with Crippen molar-refractivity contribution in [2.24, 2.45) is 5.73 Å². The standard InChI is InChI=1S/C5H5N3O.C5H5N.C4H4N2.C3H4N2/c6-5(9)4-3-7-1-2-8-4;1-2-4-6-5-3-1;1-2-6-4-3-5-1;1-2-5-3-4-1/h1-3H,(H2,6,9);1-5H;1-4H;1-3H,(H,4,5). The molecule has 132 valence electrons. The van der Waals surface area contributed by atoms with Crippen LogP contribution in [0.4, 0.5) is 0 Å². The van der Waals surface area contributed by atoms with Gasteiger partial charge in [0, 0.05) is 62.0 Å². The molecule has 9 heteroatoms. The first-order valence-electron chi connectivity index (χ1n) is 7.34. The molecule has 0 unspecified atom stereocenters. The van der Waals surface area contributed by atoms with Gasteiger partial charge in [0.15, 0.2) is 0 Å². The number of aromatic amines is 1. The van der Waals surface area contributed by atoms with E-state index in [1.165, 1.54) is 18.6 Å². The fraction of sp³-hybridized carbons (Fsp3) is 0. The average Bonchev–Trinajstić information content (AvgIpc) is 3.32. The molecule has 0 bridgehead atoms. The normalized spacial score (nSPS) is 8.31. The molecule has 0 aliphatic rings. The van der Waals surface area contributed by atoms with Crippen molar-refractivity contribution in [2.75, 3.05) is 0 Å². The van der Waals surface area contributed by atoms with Crippen molar-refractivity contribution >= 4 is 5.91 Å². The van der Waals surface area contributed by atoms with Gasteiger partial charge < -0.3 is 10.7 Å². The number of primary amides is 1. The van der Waals surface area contributed by atoms with E-state index in [4.69, 9.17) is 5.73 Å². The number of rotatable bonds is 1. The third-order valence-electron chi connectivity index (χ3n) is 2.27. The van der Waals surface area contributed by atoms with Crippen LogP contribution in [0.15, 0.2) is 92.7 Å². The van der Waals surface area contributed by atoms with E-state index < -0.39 is 5.91 Å². The Balaban J connectivity index is 0.000000178. The topological polar surface area (TPSA) is 136 Å². The Hall–Kier alpha value is -4.01. The van der Waals surface area contributed by atoms with E-state index in [0.29, 0.717) is 0 Å². The number of nitrogens with zero attached hydrogens (tertiary/aromatic N) is 6. The zero-order chi connectivity index (χ0) is 18.7. The van der Waals surface area contributed by atoms with E-state index in [-0.39, 0.29) is 5.69 Å². The van der Waals surface area contributed by atoms with Gasteiger partial charge in [0.1, 0.15) is 5.69 Å². The highest BCUT2D eigenvalue weighted by atomic mass is 16.1. The summed E-state index contributed by atoms with van der Waals surface area (Å²) >= 11 is 0. The van der Waals surface area contributed by atoms with Crippen LogP contribution in [0.1, 0.15) is 10.5 Å². The number of carbonyl (C=O) groups excluding carboxylic acids is 1. The van der Waals surface area contributed by atoms with E-state index in [2.05, 4.69) is 34.9 Å². The third-order valence-corrected chi connectivity index (χ3v) is 2.27. The Labute approximate surface area is 150 Å². The number of H-pyrrole nitrogens is 1. The zero-order valence-corrected chi connectivity index (χ0v) is 13.8. The fourth-order valence-electron chi connectivity index (χ4n) is 1.21. The highest BCUT2D eigenvalue weighted by Crippen LogP contribution is 1.84. The van der Waals surface area contributed by atoms with Crippen LogP contribution in [0, 0.1) is 0 Å². The molecule has 1 amide bonds. The number of hydrogen-bond acceptors (Lipinski definition) is 7. The molecule has 4 heterocycles. The van der Waals surface area contributed by atoms with Gasteiger partial charge in [-0.3, -0.25) is 24.7 Å². The first-order chi connectivity index (χ1) is 12.8. The number of nitrogens with two attached hydrogens (primary N) is 1. The second kappa shape index (κ2) is 14.6. The van der Waals surface area contributed by atoms with Crippen molar-refractivity contribution in [1.82, 2.24) is 34.9 Å². The molecular formula is C17H18N8O. The summed E-state index contributed by atoms with van der Waals surface area (Å²) < 4.78 is 0. The molecule has 4 aromatic heterocycles. The molecule has 0 radical (unpaired) electrons. The maximum absolute atomic E-state index is 10.3. The summed E-state index contributed by atoms with van der Waals surface area (Å²) in [6.07, 6.45) is 19.4. The van der Waals surface area contributed by atoms with Crippen LogP contribution in [-0.4, -0.2) is 40.8 Å². The van der Waals surface area contributed by atoms with Gasteiger partial charge in [-0.05, 0) is 12.1 Å². The summed E-state index contributed by atoms with van der Waals surface area (Å²) in [5.41, 5.74) is 5.06. The number of imidazole rings is 1. The lowest BCUT2D eigenvalue weighted by Crippen LogP contribution is -2.12. The number of pyridine rings is 1.